The fraction of sp³-hybridized carbons (Fsp3) is 0.300. The van der Waals surface area contributed by atoms with Crippen LogP contribution in [0.2, 0.25) is 0 Å². The van der Waals surface area contributed by atoms with Crippen LogP contribution in [0.5, 0.6) is 0 Å². The minimum Gasteiger partial charge on any atom is -0.344 e. The third-order valence-electron chi connectivity index (χ3n) is 4.77. The molecule has 1 atom stereocenters. The molecule has 0 saturated heterocycles. The van der Waals surface area contributed by atoms with E-state index in [2.05, 4.69) is 54.3 Å². The predicted molar refractivity (Wildman–Crippen MR) is 98.7 cm³/mol. The Kier molecular flexibility index (Phi) is 3.81. The second-order valence-electron chi connectivity index (χ2n) is 6.41. The highest BCUT2D eigenvalue weighted by atomic mass is 15.3. The van der Waals surface area contributed by atoms with Crippen LogP contribution >= 0.6 is 0 Å². The van der Waals surface area contributed by atoms with Crippen LogP contribution in [-0.2, 0) is 6.42 Å². The molecule has 0 radical (unpaired) electrons. The van der Waals surface area contributed by atoms with E-state index >= 15 is 0 Å². The lowest BCUT2D eigenvalue weighted by atomic mass is 10.0. The molecule has 1 aliphatic heterocycles. The Balaban J connectivity index is 1.74. The lowest BCUT2D eigenvalue weighted by Gasteiger charge is -2.20. The van der Waals surface area contributed by atoms with Crippen molar-refractivity contribution in [3.05, 3.63) is 60.3 Å². The molecule has 24 heavy (non-hydrogen) atoms. The molecule has 1 aliphatic carbocycles. The molecule has 1 aromatic heterocycles. The van der Waals surface area contributed by atoms with Crippen molar-refractivity contribution < 1.29 is 0 Å². The van der Waals surface area contributed by atoms with Crippen molar-refractivity contribution in [2.75, 3.05) is 0 Å². The van der Waals surface area contributed by atoms with Crippen molar-refractivity contribution in [3.8, 4) is 5.69 Å². The molecule has 2 aliphatic rings. The van der Waals surface area contributed by atoms with E-state index in [4.69, 9.17) is 4.99 Å². The van der Waals surface area contributed by atoms with Crippen molar-refractivity contribution in [2.45, 2.75) is 32.6 Å². The summed E-state index contributed by atoms with van der Waals surface area (Å²) in [5.74, 6) is 2.45. The minimum atomic E-state index is 0.574. The van der Waals surface area contributed by atoms with Crippen molar-refractivity contribution >= 4 is 17.4 Å². The number of allylic oxidation sites excluding steroid dienone is 2. The Bertz CT molecular complexity index is 841. The quantitative estimate of drug-likeness (QED) is 0.849. The van der Waals surface area contributed by atoms with Gasteiger partial charge in [0.2, 0.25) is 0 Å². The van der Waals surface area contributed by atoms with Gasteiger partial charge in [-0.2, -0.15) is 5.10 Å². The lowest BCUT2D eigenvalue weighted by Crippen LogP contribution is -2.26. The van der Waals surface area contributed by atoms with Crippen molar-refractivity contribution in [3.63, 3.8) is 0 Å². The Morgan fingerprint density at radius 1 is 1.33 bits per heavy atom. The van der Waals surface area contributed by atoms with Crippen LogP contribution < -0.4 is 5.32 Å². The zero-order valence-electron chi connectivity index (χ0n) is 14.0. The number of hydrogen-bond donors (Lipinski definition) is 1. The smallest absolute Gasteiger partial charge is 0.166 e. The van der Waals surface area contributed by atoms with E-state index in [1.54, 1.807) is 0 Å². The van der Waals surface area contributed by atoms with E-state index in [1.807, 2.05) is 16.9 Å². The zero-order chi connectivity index (χ0) is 16.5. The maximum Gasteiger partial charge on any atom is 0.166 e. The van der Waals surface area contributed by atoms with Crippen LogP contribution in [0.1, 0.15) is 37.3 Å². The molecular weight excluding hydrogens is 296 g/mol. The van der Waals surface area contributed by atoms with Crippen LogP contribution in [-0.4, -0.2) is 15.6 Å². The van der Waals surface area contributed by atoms with Crippen LogP contribution in [0.4, 0.5) is 5.82 Å². The summed E-state index contributed by atoms with van der Waals surface area (Å²) in [6.07, 6.45) is 10.7. The summed E-state index contributed by atoms with van der Waals surface area (Å²) >= 11 is 0. The van der Waals surface area contributed by atoms with Gasteiger partial charge in [0, 0.05) is 12.1 Å². The number of nitrogens with zero attached hydrogens (tertiary/aromatic N) is 3. The van der Waals surface area contributed by atoms with Crippen LogP contribution in [0.25, 0.3) is 11.4 Å². The van der Waals surface area contributed by atoms with Gasteiger partial charge in [-0.05, 0) is 36.8 Å². The molecule has 4 rings (SSSR count). The maximum atomic E-state index is 4.88. The Morgan fingerprint density at radius 2 is 2.21 bits per heavy atom. The van der Waals surface area contributed by atoms with Crippen molar-refractivity contribution in [1.29, 1.82) is 0 Å². The highest BCUT2D eigenvalue weighted by Crippen LogP contribution is 2.33. The molecular formula is C20H22N4. The van der Waals surface area contributed by atoms with Crippen LogP contribution in [0, 0.1) is 5.92 Å². The number of hydrogen-bond acceptors (Lipinski definition) is 3. The zero-order valence-corrected chi connectivity index (χ0v) is 14.0. The van der Waals surface area contributed by atoms with Gasteiger partial charge in [0.15, 0.2) is 5.82 Å². The number of aromatic nitrogens is 2. The van der Waals surface area contributed by atoms with Crippen molar-refractivity contribution in [2.24, 2.45) is 10.9 Å². The molecule has 1 aromatic carbocycles. The number of amidine groups is 1. The van der Waals surface area contributed by atoms with Gasteiger partial charge in [-0.15, -0.1) is 0 Å². The van der Waals surface area contributed by atoms with Crippen LogP contribution in [0.15, 0.2) is 54.2 Å². The van der Waals surface area contributed by atoms with E-state index in [9.17, 15) is 0 Å². The molecule has 0 fully saturated rings. The first-order chi connectivity index (χ1) is 11.8. The van der Waals surface area contributed by atoms with Crippen LogP contribution in [0.3, 0.4) is 0 Å². The fourth-order valence-corrected chi connectivity index (χ4v) is 3.46. The molecule has 1 unspecified atom stereocenters. The third-order valence-corrected chi connectivity index (χ3v) is 4.77. The molecule has 1 N–H and O–H groups in total. The second kappa shape index (κ2) is 6.11. The van der Waals surface area contributed by atoms with E-state index < -0.39 is 0 Å². The highest BCUT2D eigenvalue weighted by Gasteiger charge is 2.23. The highest BCUT2D eigenvalue weighted by molar-refractivity contribution is 5.97. The molecule has 0 bridgehead atoms. The predicted octanol–water partition coefficient (Wildman–Crippen LogP) is 4.39. The lowest BCUT2D eigenvalue weighted by molar-refractivity contribution is 0.653. The topological polar surface area (TPSA) is 42.2 Å². The molecule has 122 valence electrons. The number of benzene rings is 1. The van der Waals surface area contributed by atoms with Gasteiger partial charge in [-0.1, -0.05) is 43.9 Å². The summed E-state index contributed by atoms with van der Waals surface area (Å²) in [4.78, 5) is 4.88. The van der Waals surface area contributed by atoms with Gasteiger partial charge in [-0.3, -0.25) is 0 Å². The number of aliphatic imine (C=N–C) groups is 1. The first kappa shape index (κ1) is 14.9. The van der Waals surface area contributed by atoms with E-state index in [0.717, 1.165) is 41.4 Å². The van der Waals surface area contributed by atoms with Crippen molar-refractivity contribution in [1.82, 2.24) is 15.1 Å². The molecule has 4 nitrogen and oxygen atoms in total. The van der Waals surface area contributed by atoms with Gasteiger partial charge in [0.05, 0.1) is 17.4 Å². The summed E-state index contributed by atoms with van der Waals surface area (Å²) in [5, 5.41) is 7.95. The Labute approximate surface area is 142 Å². The number of para-hydroxylation sites is 1. The van der Waals surface area contributed by atoms with E-state index in [-0.39, 0.29) is 0 Å². The second-order valence-corrected chi connectivity index (χ2v) is 6.41. The van der Waals surface area contributed by atoms with E-state index in [1.165, 1.54) is 18.4 Å². The Hall–Kier alpha value is -2.62. The minimum absolute atomic E-state index is 0.574. The summed E-state index contributed by atoms with van der Waals surface area (Å²) in [5.41, 5.74) is 4.23. The van der Waals surface area contributed by atoms with Gasteiger partial charge in [-0.25, -0.2) is 9.67 Å². The number of rotatable bonds is 4. The van der Waals surface area contributed by atoms with Gasteiger partial charge in [0.1, 0.15) is 5.84 Å². The molecule has 4 heteroatoms. The van der Waals surface area contributed by atoms with Gasteiger partial charge in [0.25, 0.3) is 0 Å². The summed E-state index contributed by atoms with van der Waals surface area (Å²) in [6.45, 7) is 6.33. The third kappa shape index (κ3) is 2.58. The summed E-state index contributed by atoms with van der Waals surface area (Å²) in [7, 11) is 0. The van der Waals surface area contributed by atoms with Gasteiger partial charge >= 0.3 is 0 Å². The maximum absolute atomic E-state index is 4.88. The summed E-state index contributed by atoms with van der Waals surface area (Å²) in [6, 6.07) is 8.37. The SMILES string of the molecule is C=C1NC(CC2C=CCC2)=Nc2c1cnn2-c1ccccc1CC. The average Bonchev–Trinajstić information content (AvgIpc) is 3.24. The number of nitrogens with one attached hydrogen (secondary N) is 1. The monoisotopic (exact) mass is 318 g/mol. The number of fused-ring (bicyclic) bond motifs is 1. The van der Waals surface area contributed by atoms with Gasteiger partial charge < -0.3 is 5.32 Å². The normalized spacial score (nSPS) is 19.1. The molecule has 2 aromatic rings. The first-order valence-electron chi connectivity index (χ1n) is 8.63. The molecule has 0 saturated carbocycles. The molecule has 0 amide bonds. The largest absolute Gasteiger partial charge is 0.344 e. The summed E-state index contributed by atoms with van der Waals surface area (Å²) < 4.78 is 1.95. The molecule has 2 heterocycles. The number of aryl methyl sites for hydroxylation is 1. The first-order valence-corrected chi connectivity index (χ1v) is 8.63. The average molecular weight is 318 g/mol. The Morgan fingerprint density at radius 3 is 3.00 bits per heavy atom. The molecule has 0 spiro atoms. The fourth-order valence-electron chi connectivity index (χ4n) is 3.46. The standard InChI is InChI=1S/C20H22N4/c1-3-16-10-6-7-11-18(16)24-20-17(13-21-24)14(2)22-19(23-20)12-15-8-4-5-9-15/h4,6-8,10-11,13,15H,2-3,5,9,12H2,1H3,(H,22,23). The van der Waals surface area contributed by atoms with E-state index in [0.29, 0.717) is 5.92 Å².